The van der Waals surface area contributed by atoms with Crippen molar-refractivity contribution in [3.05, 3.63) is 57.8 Å². The molecule has 2 aromatic carbocycles. The van der Waals surface area contributed by atoms with Gasteiger partial charge in [0, 0.05) is 10.2 Å². The number of hydrogen-bond acceptors (Lipinski definition) is 2. The normalized spacial score (nSPS) is 11.3. The van der Waals surface area contributed by atoms with E-state index in [9.17, 15) is 12.8 Å². The minimum atomic E-state index is -3.93. The largest absolute Gasteiger partial charge is 0.280 e. The third-order valence-electron chi connectivity index (χ3n) is 2.26. The van der Waals surface area contributed by atoms with Crippen LogP contribution in [0.5, 0.6) is 0 Å². The van der Waals surface area contributed by atoms with Gasteiger partial charge in [-0.25, -0.2) is 12.8 Å². The minimum absolute atomic E-state index is 0.0381. The van der Waals surface area contributed by atoms with Gasteiger partial charge in [0.05, 0.1) is 5.02 Å². The molecule has 0 fully saturated rings. The van der Waals surface area contributed by atoms with E-state index in [1.54, 1.807) is 24.3 Å². The summed E-state index contributed by atoms with van der Waals surface area (Å²) in [5, 5.41) is -0.0381. The lowest BCUT2D eigenvalue weighted by atomic mass is 10.3. The van der Waals surface area contributed by atoms with Crippen LogP contribution in [0.4, 0.5) is 10.1 Å². The SMILES string of the molecule is O=S(=O)(Nc1cccc(Br)c1)c1cc(F)ccc1Cl. The average molecular weight is 365 g/mol. The average Bonchev–Trinajstić information content (AvgIpc) is 2.31. The second kappa shape index (κ2) is 5.48. The fourth-order valence-electron chi connectivity index (χ4n) is 1.45. The highest BCUT2D eigenvalue weighted by atomic mass is 79.9. The van der Waals surface area contributed by atoms with Crippen LogP contribution < -0.4 is 4.72 Å². The number of anilines is 1. The summed E-state index contributed by atoms with van der Waals surface area (Å²) in [4.78, 5) is -0.297. The molecule has 0 bridgehead atoms. The van der Waals surface area contributed by atoms with Crippen LogP contribution in [0, 0.1) is 5.82 Å². The molecule has 0 saturated heterocycles. The number of nitrogens with one attached hydrogen (secondary N) is 1. The smallest absolute Gasteiger partial charge is 0.263 e. The summed E-state index contributed by atoms with van der Waals surface area (Å²) >= 11 is 9.01. The number of sulfonamides is 1. The predicted molar refractivity (Wildman–Crippen MR) is 76.4 cm³/mol. The molecule has 0 saturated carbocycles. The highest BCUT2D eigenvalue weighted by molar-refractivity contribution is 9.10. The lowest BCUT2D eigenvalue weighted by molar-refractivity contribution is 0.595. The van der Waals surface area contributed by atoms with Gasteiger partial charge in [-0.1, -0.05) is 33.6 Å². The Morgan fingerprint density at radius 3 is 2.58 bits per heavy atom. The van der Waals surface area contributed by atoms with Crippen molar-refractivity contribution in [1.82, 2.24) is 0 Å². The number of benzene rings is 2. The van der Waals surface area contributed by atoms with Crippen LogP contribution in [0.15, 0.2) is 51.8 Å². The Bertz CT molecular complexity index is 721. The van der Waals surface area contributed by atoms with Gasteiger partial charge in [0.25, 0.3) is 10.0 Å². The molecule has 0 aromatic heterocycles. The molecule has 2 rings (SSSR count). The lowest BCUT2D eigenvalue weighted by Crippen LogP contribution is -2.13. The number of halogens is 3. The maximum Gasteiger partial charge on any atom is 0.263 e. The van der Waals surface area contributed by atoms with Crippen LogP contribution >= 0.6 is 27.5 Å². The van der Waals surface area contributed by atoms with Crippen LogP contribution in [-0.2, 0) is 10.0 Å². The highest BCUT2D eigenvalue weighted by Gasteiger charge is 2.18. The van der Waals surface area contributed by atoms with E-state index in [4.69, 9.17) is 11.6 Å². The first-order valence-electron chi connectivity index (χ1n) is 5.12. The van der Waals surface area contributed by atoms with E-state index in [1.165, 1.54) is 6.07 Å². The van der Waals surface area contributed by atoms with Crippen LogP contribution in [0.3, 0.4) is 0 Å². The maximum absolute atomic E-state index is 13.1. The molecule has 0 radical (unpaired) electrons. The molecule has 2 aromatic rings. The third kappa shape index (κ3) is 3.46. The van der Waals surface area contributed by atoms with Crippen molar-refractivity contribution >= 4 is 43.2 Å². The van der Waals surface area contributed by atoms with Gasteiger partial charge in [-0.2, -0.15) is 0 Å². The molecule has 0 aliphatic rings. The standard InChI is InChI=1S/C12H8BrClFNO2S/c13-8-2-1-3-10(6-8)16-19(17,18)12-7-9(15)4-5-11(12)14/h1-7,16H. The summed E-state index contributed by atoms with van der Waals surface area (Å²) in [5.74, 6) is -0.668. The van der Waals surface area contributed by atoms with Crippen molar-refractivity contribution in [2.45, 2.75) is 4.90 Å². The van der Waals surface area contributed by atoms with Crippen LogP contribution in [0.25, 0.3) is 0 Å². The summed E-state index contributed by atoms with van der Waals surface area (Å²) in [6.07, 6.45) is 0. The quantitative estimate of drug-likeness (QED) is 0.893. The van der Waals surface area contributed by atoms with Gasteiger partial charge in [0.15, 0.2) is 0 Å². The molecule has 0 spiro atoms. The summed E-state index contributed by atoms with van der Waals surface area (Å²) in [7, 11) is -3.93. The summed E-state index contributed by atoms with van der Waals surface area (Å²) in [6, 6.07) is 9.78. The Balaban J connectivity index is 2.40. The second-order valence-electron chi connectivity index (χ2n) is 3.69. The molecule has 0 atom stereocenters. The van der Waals surface area contributed by atoms with Gasteiger partial charge < -0.3 is 0 Å². The van der Waals surface area contributed by atoms with Crippen molar-refractivity contribution < 1.29 is 12.8 Å². The van der Waals surface area contributed by atoms with Crippen molar-refractivity contribution in [2.24, 2.45) is 0 Å². The molecule has 3 nitrogen and oxygen atoms in total. The van der Waals surface area contributed by atoms with Gasteiger partial charge >= 0.3 is 0 Å². The molecule has 7 heteroatoms. The topological polar surface area (TPSA) is 46.2 Å². The highest BCUT2D eigenvalue weighted by Crippen LogP contribution is 2.25. The maximum atomic E-state index is 13.1. The zero-order chi connectivity index (χ0) is 14.0. The Hall–Kier alpha value is -1.11. The minimum Gasteiger partial charge on any atom is -0.280 e. The van der Waals surface area contributed by atoms with Crippen molar-refractivity contribution in [1.29, 1.82) is 0 Å². The van der Waals surface area contributed by atoms with Crippen LogP contribution in [0.2, 0.25) is 5.02 Å². The molecule has 0 heterocycles. The third-order valence-corrected chi connectivity index (χ3v) is 4.62. The van der Waals surface area contributed by atoms with Crippen molar-refractivity contribution in [2.75, 3.05) is 4.72 Å². The van der Waals surface area contributed by atoms with Crippen molar-refractivity contribution in [3.63, 3.8) is 0 Å². The zero-order valence-corrected chi connectivity index (χ0v) is 12.6. The van der Waals surface area contributed by atoms with Gasteiger partial charge in [0.2, 0.25) is 0 Å². The van der Waals surface area contributed by atoms with Crippen LogP contribution in [-0.4, -0.2) is 8.42 Å². The van der Waals surface area contributed by atoms with Gasteiger partial charge in [-0.3, -0.25) is 4.72 Å². The van der Waals surface area contributed by atoms with Crippen LogP contribution in [0.1, 0.15) is 0 Å². The van der Waals surface area contributed by atoms with E-state index < -0.39 is 15.8 Å². The molecular formula is C12H8BrClFNO2S. The molecule has 0 aliphatic carbocycles. The van der Waals surface area contributed by atoms with E-state index in [0.717, 1.165) is 16.6 Å². The van der Waals surface area contributed by atoms with Crippen molar-refractivity contribution in [3.8, 4) is 0 Å². The zero-order valence-electron chi connectivity index (χ0n) is 9.40. The Kier molecular flexibility index (Phi) is 4.13. The molecule has 19 heavy (non-hydrogen) atoms. The number of rotatable bonds is 3. The predicted octanol–water partition coefficient (Wildman–Crippen LogP) is 4.04. The molecule has 0 amide bonds. The fourth-order valence-corrected chi connectivity index (χ4v) is 3.41. The Morgan fingerprint density at radius 1 is 1.16 bits per heavy atom. The second-order valence-corrected chi connectivity index (χ2v) is 6.66. The molecule has 100 valence electrons. The van der Waals surface area contributed by atoms with Gasteiger partial charge in [0.1, 0.15) is 10.7 Å². The summed E-state index contributed by atoms with van der Waals surface area (Å²) < 4.78 is 40.4. The van der Waals surface area contributed by atoms with Gasteiger partial charge in [-0.15, -0.1) is 0 Å². The molecule has 0 aliphatic heterocycles. The fraction of sp³-hybridized carbons (Fsp3) is 0. The monoisotopic (exact) mass is 363 g/mol. The summed E-state index contributed by atoms with van der Waals surface area (Å²) in [5.41, 5.74) is 0.356. The first-order valence-corrected chi connectivity index (χ1v) is 7.77. The first-order chi connectivity index (χ1) is 8.88. The number of hydrogen-bond donors (Lipinski definition) is 1. The molecular weight excluding hydrogens is 357 g/mol. The van der Waals surface area contributed by atoms with E-state index in [-0.39, 0.29) is 9.92 Å². The molecule has 0 unspecified atom stereocenters. The lowest BCUT2D eigenvalue weighted by Gasteiger charge is -2.09. The first kappa shape index (κ1) is 14.3. The Morgan fingerprint density at radius 2 is 1.89 bits per heavy atom. The molecule has 1 N–H and O–H groups in total. The van der Waals surface area contributed by atoms with E-state index in [0.29, 0.717) is 5.69 Å². The van der Waals surface area contributed by atoms with E-state index >= 15 is 0 Å². The summed E-state index contributed by atoms with van der Waals surface area (Å²) in [6.45, 7) is 0. The van der Waals surface area contributed by atoms with Gasteiger partial charge in [-0.05, 0) is 36.4 Å². The Labute approximate surface area is 123 Å². The van der Waals surface area contributed by atoms with E-state index in [1.807, 2.05) is 0 Å². The van der Waals surface area contributed by atoms with E-state index in [2.05, 4.69) is 20.7 Å².